The summed E-state index contributed by atoms with van der Waals surface area (Å²) in [6, 6.07) is 9.64. The van der Waals surface area contributed by atoms with Crippen molar-refractivity contribution in [3.05, 3.63) is 58.8 Å². The number of hydrogen-bond donors (Lipinski definition) is 2. The molecule has 1 aromatic heterocycles. The Bertz CT molecular complexity index is 576. The average Bonchev–Trinajstić information content (AvgIpc) is 2.32. The molecule has 0 fully saturated rings. The number of nitrogen functional groups attached to an aromatic ring is 1. The third-order valence-electron chi connectivity index (χ3n) is 3.25. The van der Waals surface area contributed by atoms with Gasteiger partial charge in [0.15, 0.2) is 0 Å². The number of anilines is 1. The molecule has 1 aromatic carbocycles. The monoisotopic (exact) mass is 242 g/mol. The molecule has 1 unspecified atom stereocenters. The topological polar surface area (TPSA) is 59.1 Å². The zero-order chi connectivity index (χ0) is 13.3. The van der Waals surface area contributed by atoms with Gasteiger partial charge in [-0.3, -0.25) is 0 Å². The summed E-state index contributed by atoms with van der Waals surface area (Å²) in [7, 11) is 0. The molecule has 94 valence electrons. The second-order valence-electron chi connectivity index (χ2n) is 4.83. The van der Waals surface area contributed by atoms with E-state index in [-0.39, 0.29) is 0 Å². The van der Waals surface area contributed by atoms with E-state index in [1.165, 1.54) is 0 Å². The third kappa shape index (κ3) is 2.09. The van der Waals surface area contributed by atoms with Crippen molar-refractivity contribution in [2.75, 3.05) is 5.73 Å². The lowest BCUT2D eigenvalue weighted by molar-refractivity contribution is 0.102. The zero-order valence-electron chi connectivity index (χ0n) is 10.9. The lowest BCUT2D eigenvalue weighted by Crippen LogP contribution is -2.26. The summed E-state index contributed by atoms with van der Waals surface area (Å²) in [6.07, 6.45) is 1.70. The number of nitrogens with two attached hydrogens (primary N) is 1. The molecule has 0 amide bonds. The Balaban J connectivity index is 2.61. The second kappa shape index (κ2) is 4.42. The first-order valence-electron chi connectivity index (χ1n) is 5.94. The van der Waals surface area contributed by atoms with Gasteiger partial charge in [0.25, 0.3) is 0 Å². The van der Waals surface area contributed by atoms with Gasteiger partial charge in [-0.2, -0.15) is 0 Å². The van der Waals surface area contributed by atoms with Gasteiger partial charge in [-0.1, -0.05) is 24.3 Å². The highest BCUT2D eigenvalue weighted by Crippen LogP contribution is 2.34. The van der Waals surface area contributed by atoms with E-state index in [1.807, 2.05) is 44.2 Å². The first kappa shape index (κ1) is 12.6. The molecule has 0 bridgehead atoms. The minimum Gasteiger partial charge on any atom is -0.383 e. The highest BCUT2D eigenvalue weighted by molar-refractivity contribution is 5.50. The SMILES string of the molecule is Cc1cnc(N)c(C(C)(O)c2ccccc2C)c1. The molecule has 0 aliphatic rings. The minimum atomic E-state index is -1.13. The fourth-order valence-corrected chi connectivity index (χ4v) is 2.23. The molecule has 1 atom stereocenters. The molecule has 0 aliphatic heterocycles. The lowest BCUT2D eigenvalue weighted by atomic mass is 9.85. The van der Waals surface area contributed by atoms with E-state index in [2.05, 4.69) is 4.98 Å². The Labute approximate surface area is 107 Å². The van der Waals surface area contributed by atoms with Gasteiger partial charge >= 0.3 is 0 Å². The number of pyridine rings is 1. The number of nitrogens with zero attached hydrogens (tertiary/aromatic N) is 1. The molecule has 0 spiro atoms. The summed E-state index contributed by atoms with van der Waals surface area (Å²) in [6.45, 7) is 5.66. The first-order valence-corrected chi connectivity index (χ1v) is 5.94. The van der Waals surface area contributed by atoms with Crippen LogP contribution < -0.4 is 5.73 Å². The van der Waals surface area contributed by atoms with Crippen LogP contribution in [0.1, 0.15) is 29.2 Å². The smallest absolute Gasteiger partial charge is 0.129 e. The van der Waals surface area contributed by atoms with E-state index in [1.54, 1.807) is 13.1 Å². The van der Waals surface area contributed by atoms with E-state index < -0.39 is 5.60 Å². The molecule has 3 N–H and O–H groups in total. The number of aromatic nitrogens is 1. The predicted octanol–water partition coefficient (Wildman–Crippen LogP) is 2.54. The number of aliphatic hydroxyl groups is 1. The molecule has 0 saturated heterocycles. The molecule has 18 heavy (non-hydrogen) atoms. The van der Waals surface area contributed by atoms with Gasteiger partial charge in [0.1, 0.15) is 11.4 Å². The van der Waals surface area contributed by atoms with Crippen molar-refractivity contribution in [2.24, 2.45) is 0 Å². The highest BCUT2D eigenvalue weighted by Gasteiger charge is 2.29. The number of benzene rings is 1. The van der Waals surface area contributed by atoms with Crippen molar-refractivity contribution in [1.82, 2.24) is 4.98 Å². The third-order valence-corrected chi connectivity index (χ3v) is 3.25. The van der Waals surface area contributed by atoms with Crippen molar-refractivity contribution >= 4 is 5.82 Å². The molecule has 0 saturated carbocycles. The summed E-state index contributed by atoms with van der Waals surface area (Å²) in [5.41, 5.74) is 8.27. The Morgan fingerprint density at radius 2 is 1.83 bits per heavy atom. The minimum absolute atomic E-state index is 0.369. The fourth-order valence-electron chi connectivity index (χ4n) is 2.23. The number of aryl methyl sites for hydroxylation is 2. The van der Waals surface area contributed by atoms with Gasteiger partial charge < -0.3 is 10.8 Å². The largest absolute Gasteiger partial charge is 0.383 e. The van der Waals surface area contributed by atoms with Gasteiger partial charge in [0.2, 0.25) is 0 Å². The molecule has 0 radical (unpaired) electrons. The summed E-state index contributed by atoms with van der Waals surface area (Å²) < 4.78 is 0. The molecule has 2 rings (SSSR count). The van der Waals surface area contributed by atoms with Gasteiger partial charge in [0.05, 0.1) is 0 Å². The fraction of sp³-hybridized carbons (Fsp3) is 0.267. The van der Waals surface area contributed by atoms with Crippen LogP contribution in [0.2, 0.25) is 0 Å². The standard InChI is InChI=1S/C15H18N2O/c1-10-8-13(14(16)17-9-10)15(3,18)12-7-5-4-6-11(12)2/h4-9,18H,1-3H3,(H2,16,17). The Morgan fingerprint density at radius 3 is 2.50 bits per heavy atom. The lowest BCUT2D eigenvalue weighted by Gasteiger charge is -2.27. The van der Waals surface area contributed by atoms with E-state index >= 15 is 0 Å². The molecule has 3 heteroatoms. The maximum absolute atomic E-state index is 10.8. The van der Waals surface area contributed by atoms with Crippen LogP contribution in [0.4, 0.5) is 5.82 Å². The van der Waals surface area contributed by atoms with Gasteiger partial charge in [-0.25, -0.2) is 4.98 Å². The maximum Gasteiger partial charge on any atom is 0.129 e. The Hall–Kier alpha value is -1.87. The quantitative estimate of drug-likeness (QED) is 0.850. The van der Waals surface area contributed by atoms with Gasteiger partial charge in [-0.15, -0.1) is 0 Å². The second-order valence-corrected chi connectivity index (χ2v) is 4.83. The molecular weight excluding hydrogens is 224 g/mol. The van der Waals surface area contributed by atoms with Crippen LogP contribution in [0.15, 0.2) is 36.5 Å². The molecular formula is C15H18N2O. The first-order chi connectivity index (χ1) is 8.43. The summed E-state index contributed by atoms with van der Waals surface area (Å²) in [5.74, 6) is 0.369. The van der Waals surface area contributed by atoms with Gasteiger partial charge in [-0.05, 0) is 43.5 Å². The Kier molecular flexibility index (Phi) is 3.09. The van der Waals surface area contributed by atoms with Crippen LogP contribution in [-0.4, -0.2) is 10.1 Å². The van der Waals surface area contributed by atoms with Crippen molar-refractivity contribution in [3.63, 3.8) is 0 Å². The molecule has 2 aromatic rings. The average molecular weight is 242 g/mol. The van der Waals surface area contributed by atoms with Crippen molar-refractivity contribution in [2.45, 2.75) is 26.4 Å². The van der Waals surface area contributed by atoms with E-state index in [0.29, 0.717) is 11.4 Å². The van der Waals surface area contributed by atoms with Crippen LogP contribution in [0.25, 0.3) is 0 Å². The number of hydrogen-bond acceptors (Lipinski definition) is 3. The van der Waals surface area contributed by atoms with E-state index in [0.717, 1.165) is 16.7 Å². The van der Waals surface area contributed by atoms with E-state index in [4.69, 9.17) is 5.73 Å². The zero-order valence-corrected chi connectivity index (χ0v) is 10.9. The van der Waals surface area contributed by atoms with Crippen LogP contribution in [0.5, 0.6) is 0 Å². The van der Waals surface area contributed by atoms with E-state index in [9.17, 15) is 5.11 Å². The van der Waals surface area contributed by atoms with Crippen LogP contribution in [0.3, 0.4) is 0 Å². The van der Waals surface area contributed by atoms with Crippen molar-refractivity contribution < 1.29 is 5.11 Å². The normalized spacial score (nSPS) is 14.2. The van der Waals surface area contributed by atoms with Crippen molar-refractivity contribution in [3.8, 4) is 0 Å². The highest BCUT2D eigenvalue weighted by atomic mass is 16.3. The molecule has 0 aliphatic carbocycles. The van der Waals surface area contributed by atoms with Gasteiger partial charge in [0, 0.05) is 11.8 Å². The van der Waals surface area contributed by atoms with Crippen LogP contribution in [-0.2, 0) is 5.60 Å². The van der Waals surface area contributed by atoms with Crippen LogP contribution in [0, 0.1) is 13.8 Å². The summed E-state index contributed by atoms with van der Waals surface area (Å²) in [5, 5.41) is 10.8. The summed E-state index contributed by atoms with van der Waals surface area (Å²) >= 11 is 0. The van der Waals surface area contributed by atoms with Crippen LogP contribution >= 0.6 is 0 Å². The molecule has 1 heterocycles. The summed E-state index contributed by atoms with van der Waals surface area (Å²) in [4.78, 5) is 4.12. The number of rotatable bonds is 2. The Morgan fingerprint density at radius 1 is 1.17 bits per heavy atom. The predicted molar refractivity (Wildman–Crippen MR) is 73.2 cm³/mol. The molecule has 3 nitrogen and oxygen atoms in total. The maximum atomic E-state index is 10.8. The van der Waals surface area contributed by atoms with Crippen molar-refractivity contribution in [1.29, 1.82) is 0 Å².